The fraction of sp³-hybridized carbons (Fsp3) is 0.211. The Kier molecular flexibility index (Phi) is 6.15. The monoisotopic (exact) mass is 356 g/mol. The first-order valence-corrected chi connectivity index (χ1v) is 7.96. The van der Waals surface area contributed by atoms with E-state index in [-0.39, 0.29) is 18.7 Å². The molecule has 2 aromatic carbocycles. The van der Waals surface area contributed by atoms with Crippen molar-refractivity contribution in [2.75, 3.05) is 19.0 Å². The van der Waals surface area contributed by atoms with Gasteiger partial charge >= 0.3 is 5.97 Å². The second-order valence-corrected chi connectivity index (χ2v) is 5.89. The summed E-state index contributed by atoms with van der Waals surface area (Å²) in [6, 6.07) is 12.2. The maximum absolute atomic E-state index is 12.2. The number of carbonyl (C=O) groups excluding carboxylic acids is 2. The molecular weight excluding hydrogens is 340 g/mol. The van der Waals surface area contributed by atoms with E-state index in [0.29, 0.717) is 21.8 Å². The van der Waals surface area contributed by atoms with Crippen molar-refractivity contribution in [1.29, 1.82) is 5.26 Å². The molecule has 0 saturated carbocycles. The van der Waals surface area contributed by atoms with E-state index in [9.17, 15) is 9.59 Å². The van der Waals surface area contributed by atoms with Gasteiger partial charge in [-0.05, 0) is 36.2 Å². The molecule has 2 rings (SSSR count). The zero-order chi connectivity index (χ0) is 18.4. The van der Waals surface area contributed by atoms with Gasteiger partial charge in [0.2, 0.25) is 0 Å². The van der Waals surface area contributed by atoms with Crippen LogP contribution in [0.1, 0.15) is 27.0 Å². The van der Waals surface area contributed by atoms with E-state index < -0.39 is 5.97 Å². The molecule has 0 heterocycles. The van der Waals surface area contributed by atoms with Gasteiger partial charge in [0.1, 0.15) is 6.07 Å². The first kappa shape index (κ1) is 18.5. The molecule has 0 spiro atoms. The van der Waals surface area contributed by atoms with Crippen LogP contribution in [0, 0.1) is 18.3 Å². The number of methoxy groups -OCH3 is 1. The molecule has 2 aromatic rings. The summed E-state index contributed by atoms with van der Waals surface area (Å²) in [5.41, 5.74) is 2.84. The zero-order valence-electron chi connectivity index (χ0n) is 13.9. The first-order valence-electron chi connectivity index (χ1n) is 7.58. The molecule has 128 valence electrons. The van der Waals surface area contributed by atoms with Crippen LogP contribution < -0.4 is 5.32 Å². The lowest BCUT2D eigenvalue weighted by Crippen LogP contribution is -2.18. The van der Waals surface area contributed by atoms with Gasteiger partial charge in [-0.2, -0.15) is 5.26 Å². The maximum Gasteiger partial charge on any atom is 0.340 e. The average Bonchev–Trinajstić information content (AvgIpc) is 2.59. The SMILES string of the molecule is COC(=O)c1c(C)cccc1NCC(=O)Cc1ccc(C#N)c(Cl)c1. The summed E-state index contributed by atoms with van der Waals surface area (Å²) < 4.78 is 4.79. The third-order valence-corrected chi connectivity index (χ3v) is 4.01. The topological polar surface area (TPSA) is 79.2 Å². The quantitative estimate of drug-likeness (QED) is 0.801. The lowest BCUT2D eigenvalue weighted by atomic mass is 10.1. The van der Waals surface area contributed by atoms with Crippen molar-refractivity contribution in [2.24, 2.45) is 0 Å². The lowest BCUT2D eigenvalue weighted by Gasteiger charge is -2.12. The number of Topliss-reactive ketones (excluding diaryl/α,β-unsaturated/α-hetero) is 1. The number of carbonyl (C=O) groups is 2. The van der Waals surface area contributed by atoms with E-state index in [4.69, 9.17) is 21.6 Å². The minimum atomic E-state index is -0.452. The van der Waals surface area contributed by atoms with Crippen LogP contribution in [-0.2, 0) is 16.0 Å². The number of halogens is 1. The van der Waals surface area contributed by atoms with Crippen LogP contribution in [0.4, 0.5) is 5.69 Å². The highest BCUT2D eigenvalue weighted by molar-refractivity contribution is 6.31. The predicted molar refractivity (Wildman–Crippen MR) is 95.9 cm³/mol. The highest BCUT2D eigenvalue weighted by atomic mass is 35.5. The van der Waals surface area contributed by atoms with Gasteiger partial charge < -0.3 is 10.1 Å². The Balaban J connectivity index is 2.06. The second-order valence-electron chi connectivity index (χ2n) is 5.48. The van der Waals surface area contributed by atoms with Gasteiger partial charge in [-0.15, -0.1) is 0 Å². The Hall–Kier alpha value is -2.84. The van der Waals surface area contributed by atoms with Crippen molar-refractivity contribution in [3.8, 4) is 6.07 Å². The van der Waals surface area contributed by atoms with Crippen LogP contribution in [0.15, 0.2) is 36.4 Å². The number of ether oxygens (including phenoxy) is 1. The zero-order valence-corrected chi connectivity index (χ0v) is 14.7. The number of anilines is 1. The van der Waals surface area contributed by atoms with Gasteiger partial charge in [0, 0.05) is 12.1 Å². The number of hydrogen-bond acceptors (Lipinski definition) is 5. The number of benzene rings is 2. The predicted octanol–water partition coefficient (Wildman–Crippen LogP) is 3.53. The number of hydrogen-bond donors (Lipinski definition) is 1. The molecule has 0 unspecified atom stereocenters. The largest absolute Gasteiger partial charge is 0.465 e. The van der Waals surface area contributed by atoms with E-state index in [1.54, 1.807) is 43.3 Å². The van der Waals surface area contributed by atoms with Crippen LogP contribution in [0.5, 0.6) is 0 Å². The van der Waals surface area contributed by atoms with Crippen molar-refractivity contribution < 1.29 is 14.3 Å². The van der Waals surface area contributed by atoms with Crippen molar-refractivity contribution >= 4 is 29.0 Å². The molecule has 6 heteroatoms. The maximum atomic E-state index is 12.2. The van der Waals surface area contributed by atoms with E-state index in [0.717, 1.165) is 11.1 Å². The van der Waals surface area contributed by atoms with Crippen LogP contribution >= 0.6 is 11.6 Å². The summed E-state index contributed by atoms with van der Waals surface area (Å²) in [5.74, 6) is -0.523. The number of rotatable bonds is 6. The van der Waals surface area contributed by atoms with Crippen LogP contribution in [0.2, 0.25) is 5.02 Å². The van der Waals surface area contributed by atoms with Gasteiger partial charge in [0.25, 0.3) is 0 Å². The van der Waals surface area contributed by atoms with Crippen molar-refractivity contribution in [3.63, 3.8) is 0 Å². The van der Waals surface area contributed by atoms with E-state index in [1.807, 2.05) is 6.07 Å². The van der Waals surface area contributed by atoms with E-state index in [1.165, 1.54) is 7.11 Å². The summed E-state index contributed by atoms with van der Waals surface area (Å²) in [5, 5.41) is 12.2. The van der Waals surface area contributed by atoms with Gasteiger partial charge in [-0.25, -0.2) is 4.79 Å². The molecule has 25 heavy (non-hydrogen) atoms. The van der Waals surface area contributed by atoms with E-state index in [2.05, 4.69) is 5.32 Å². The Labute approximate surface area is 151 Å². The molecule has 1 N–H and O–H groups in total. The molecule has 0 bridgehead atoms. The standard InChI is InChI=1S/C19H17ClN2O3/c1-12-4-3-5-17(18(12)19(24)25-2)22-11-15(23)8-13-6-7-14(10-21)16(20)9-13/h3-7,9,22H,8,11H2,1-2H3. The van der Waals surface area contributed by atoms with Crippen molar-refractivity contribution in [2.45, 2.75) is 13.3 Å². The lowest BCUT2D eigenvalue weighted by molar-refractivity contribution is -0.116. The van der Waals surface area contributed by atoms with E-state index >= 15 is 0 Å². The minimum Gasteiger partial charge on any atom is -0.465 e. The highest BCUT2D eigenvalue weighted by Crippen LogP contribution is 2.21. The molecule has 0 aliphatic heterocycles. The third-order valence-electron chi connectivity index (χ3n) is 3.69. The Bertz CT molecular complexity index is 856. The van der Waals surface area contributed by atoms with Gasteiger partial charge in [0.15, 0.2) is 5.78 Å². The Morgan fingerprint density at radius 3 is 2.68 bits per heavy atom. The molecule has 0 aromatic heterocycles. The molecule has 0 saturated heterocycles. The number of nitrogens with one attached hydrogen (secondary N) is 1. The van der Waals surface area contributed by atoms with Crippen molar-refractivity contribution in [1.82, 2.24) is 0 Å². The third kappa shape index (κ3) is 4.59. The Morgan fingerprint density at radius 2 is 2.04 bits per heavy atom. The molecule has 5 nitrogen and oxygen atoms in total. The van der Waals surface area contributed by atoms with Crippen LogP contribution in [0.25, 0.3) is 0 Å². The fourth-order valence-electron chi connectivity index (χ4n) is 2.43. The number of ketones is 1. The summed E-state index contributed by atoms with van der Waals surface area (Å²) in [4.78, 5) is 24.1. The Morgan fingerprint density at radius 1 is 1.28 bits per heavy atom. The van der Waals surface area contributed by atoms with Crippen LogP contribution in [-0.4, -0.2) is 25.4 Å². The molecule has 0 amide bonds. The normalized spacial score (nSPS) is 10.0. The van der Waals surface area contributed by atoms with Gasteiger partial charge in [-0.1, -0.05) is 29.8 Å². The van der Waals surface area contributed by atoms with Gasteiger partial charge in [-0.3, -0.25) is 4.79 Å². The van der Waals surface area contributed by atoms with Crippen molar-refractivity contribution in [3.05, 3.63) is 63.7 Å². The van der Waals surface area contributed by atoms with Crippen LogP contribution in [0.3, 0.4) is 0 Å². The highest BCUT2D eigenvalue weighted by Gasteiger charge is 2.15. The molecule has 0 radical (unpaired) electrons. The average molecular weight is 357 g/mol. The summed E-state index contributed by atoms with van der Waals surface area (Å²) in [7, 11) is 1.32. The summed E-state index contributed by atoms with van der Waals surface area (Å²) in [6.45, 7) is 1.86. The summed E-state index contributed by atoms with van der Waals surface area (Å²) >= 11 is 5.97. The molecule has 0 aliphatic carbocycles. The number of nitrogens with zero attached hydrogens (tertiary/aromatic N) is 1. The number of nitriles is 1. The fourth-order valence-corrected chi connectivity index (χ4v) is 2.68. The number of esters is 1. The smallest absolute Gasteiger partial charge is 0.340 e. The first-order chi connectivity index (χ1) is 12.0. The molecule has 0 atom stereocenters. The second kappa shape index (κ2) is 8.32. The molecule has 0 aliphatic rings. The molecule has 0 fully saturated rings. The van der Waals surface area contributed by atoms with Gasteiger partial charge in [0.05, 0.1) is 29.8 Å². The minimum absolute atomic E-state index is 0.0606. The summed E-state index contributed by atoms with van der Waals surface area (Å²) in [6.07, 6.45) is 0.178. The molecular formula is C19H17ClN2O3. The number of aryl methyl sites for hydroxylation is 1.